The number of unbranched alkanes of at least 4 members (excludes halogenated alkanes) is 4. The molecule has 0 aliphatic heterocycles. The van der Waals surface area contributed by atoms with Gasteiger partial charge in [-0.1, -0.05) is 121 Å². The third-order valence-corrected chi connectivity index (χ3v) is 14.3. The molecular weight excluding hydrogens is 1260 g/mol. The van der Waals surface area contributed by atoms with Crippen molar-refractivity contribution in [1.29, 1.82) is 0 Å². The highest BCUT2D eigenvalue weighted by atomic mass is 79.9. The highest BCUT2D eigenvalue weighted by Gasteiger charge is 2.25. The fourth-order valence-electron chi connectivity index (χ4n) is 10.6. The van der Waals surface area contributed by atoms with Crippen molar-refractivity contribution in [2.75, 3.05) is 0 Å². The summed E-state index contributed by atoms with van der Waals surface area (Å²) >= 11 is 0. The van der Waals surface area contributed by atoms with Gasteiger partial charge in [-0.3, -0.25) is 0 Å². The van der Waals surface area contributed by atoms with E-state index in [1.807, 2.05) is 0 Å². The highest BCUT2D eigenvalue weighted by Crippen LogP contribution is 2.42. The minimum Gasteiger partial charge on any atom is -1.00 e. The van der Waals surface area contributed by atoms with Crippen LogP contribution in [0.5, 0.6) is 0 Å². The summed E-state index contributed by atoms with van der Waals surface area (Å²) in [6.45, 7) is 3.20. The molecule has 0 saturated carbocycles. The quantitative estimate of drug-likeness (QED) is 0.0497. The maximum Gasteiger partial charge on any atom is 0.176 e. The van der Waals surface area contributed by atoms with Crippen LogP contribution < -0.4 is 86.2 Å². The van der Waals surface area contributed by atoms with E-state index in [1.54, 1.807) is 0 Å². The Morgan fingerprint density at radius 2 is 0.463 bits per heavy atom. The molecule has 5 aromatic carbocycles. The van der Waals surface area contributed by atoms with Crippen LogP contribution in [0.3, 0.4) is 0 Å². The minimum absolute atomic E-state index is 0. The monoisotopic (exact) mass is 1330 g/mol. The van der Waals surface area contributed by atoms with Gasteiger partial charge in [-0.25, -0.2) is 18.3 Å². The molecule has 0 bridgehead atoms. The van der Waals surface area contributed by atoms with Crippen LogP contribution in [0.1, 0.15) is 95.9 Å². The van der Waals surface area contributed by atoms with Crippen LogP contribution in [0.4, 0.5) is 0 Å². The lowest BCUT2D eigenvalue weighted by Crippen LogP contribution is -3.00. The molecule has 82 heavy (non-hydrogen) atoms. The first-order valence-corrected chi connectivity index (χ1v) is 27.6. The summed E-state index contributed by atoms with van der Waals surface area (Å²) in [7, 11) is 0. The van der Waals surface area contributed by atoms with Crippen LogP contribution in [0.2, 0.25) is 0 Å². The zero-order valence-corrected chi connectivity index (χ0v) is 52.9. The number of aryl methyl sites for hydroxylation is 4. The molecule has 4 nitrogen and oxygen atoms in total. The van der Waals surface area contributed by atoms with E-state index in [-0.39, 0.29) is 67.9 Å². The Balaban J connectivity index is 0.00000308. The molecule has 9 rings (SSSR count). The molecule has 8 heteroatoms. The molecule has 414 valence electrons. The predicted octanol–water partition coefficient (Wildman–Crippen LogP) is 1.54. The molecule has 0 unspecified atom stereocenters. The molecule has 4 aromatic heterocycles. The lowest BCUT2D eigenvalue weighted by molar-refractivity contribution is -0.697. The molecule has 0 radical (unpaired) electrons. The first kappa shape index (κ1) is 65.7. The van der Waals surface area contributed by atoms with Crippen molar-refractivity contribution in [3.63, 3.8) is 0 Å². The highest BCUT2D eigenvalue weighted by molar-refractivity contribution is 5.94. The summed E-state index contributed by atoms with van der Waals surface area (Å²) in [6.07, 6.45) is 51.6. The van der Waals surface area contributed by atoms with Crippen molar-refractivity contribution >= 4 is 0 Å². The Morgan fingerprint density at radius 3 is 0.659 bits per heavy atom. The largest absolute Gasteiger partial charge is 1.00 e. The van der Waals surface area contributed by atoms with Gasteiger partial charge < -0.3 is 67.9 Å². The van der Waals surface area contributed by atoms with E-state index in [2.05, 4.69) is 249 Å². The maximum atomic E-state index is 5.87. The fourth-order valence-corrected chi connectivity index (χ4v) is 10.6. The number of rotatable bonds is 24. The van der Waals surface area contributed by atoms with E-state index in [4.69, 9.17) is 25.7 Å². The van der Waals surface area contributed by atoms with Crippen molar-refractivity contribution in [2.24, 2.45) is 0 Å². The molecule has 0 aliphatic carbocycles. The van der Waals surface area contributed by atoms with Crippen LogP contribution in [-0.2, 0) is 51.9 Å². The van der Waals surface area contributed by atoms with E-state index < -0.39 is 0 Å². The van der Waals surface area contributed by atoms with Crippen molar-refractivity contribution in [1.82, 2.24) is 0 Å². The number of nitrogens with zero attached hydrogens (tertiary/aromatic N) is 4. The number of benzene rings is 5. The van der Waals surface area contributed by atoms with E-state index in [9.17, 15) is 0 Å². The number of hydrogen-bond donors (Lipinski definition) is 0. The molecule has 9 aromatic rings. The van der Waals surface area contributed by atoms with Gasteiger partial charge >= 0.3 is 0 Å². The van der Waals surface area contributed by atoms with Crippen LogP contribution in [0, 0.1) is 49.4 Å². The molecular formula is C74H70Br4N4. The van der Waals surface area contributed by atoms with Gasteiger partial charge in [-0.15, -0.1) is 49.4 Å². The zero-order valence-electron chi connectivity index (χ0n) is 46.6. The molecule has 4 heterocycles. The summed E-state index contributed by atoms with van der Waals surface area (Å²) in [5, 5.41) is 0. The van der Waals surface area contributed by atoms with E-state index >= 15 is 0 Å². The molecule has 0 spiro atoms. The Hall–Kier alpha value is -7.14. The summed E-state index contributed by atoms with van der Waals surface area (Å²) in [4.78, 5) is 0. The first-order chi connectivity index (χ1) is 38.4. The summed E-state index contributed by atoms with van der Waals surface area (Å²) < 4.78 is 9.45. The normalized spacial score (nSPS) is 10.3. The lowest BCUT2D eigenvalue weighted by atomic mass is 9.85. The van der Waals surface area contributed by atoms with E-state index in [0.29, 0.717) is 25.7 Å². The predicted molar refractivity (Wildman–Crippen MR) is 318 cm³/mol. The van der Waals surface area contributed by atoms with Crippen LogP contribution >= 0.6 is 0 Å². The second kappa shape index (κ2) is 34.3. The van der Waals surface area contributed by atoms with Crippen molar-refractivity contribution in [2.45, 2.75) is 103 Å². The van der Waals surface area contributed by atoms with Gasteiger partial charge in [0.15, 0.2) is 49.6 Å². The van der Waals surface area contributed by atoms with Crippen LogP contribution in [-0.4, -0.2) is 0 Å². The minimum atomic E-state index is 0. The second-order valence-corrected chi connectivity index (χ2v) is 20.5. The number of aromatic nitrogens is 4. The van der Waals surface area contributed by atoms with Gasteiger partial charge in [0.2, 0.25) is 0 Å². The Labute approximate surface area is 530 Å². The molecule has 0 atom stereocenters. The fraction of sp³-hybridized carbons (Fsp3) is 0.216. The van der Waals surface area contributed by atoms with Crippen molar-refractivity contribution in [3.8, 4) is 93.9 Å². The number of halogens is 4. The molecule has 0 amide bonds. The molecule has 0 aliphatic rings. The number of hydrogen-bond acceptors (Lipinski definition) is 0. The molecule has 0 N–H and O–H groups in total. The van der Waals surface area contributed by atoms with Gasteiger partial charge in [0.05, 0.1) is 0 Å². The standard InChI is InChI=1S/C74H70N4.4BrH/c1-5-9-25-37-75-51-63(41-59-29-17-13-18-30-59)45-67(55-75)71-49-73(69-47-65(43-61-33-21-15-22-34-61)53-77(57-69)39-27-11-7-3)74(70-48-66(44-62-35-23-16-24-36-62)54-78(58-70)40-28-12-8-4)50-72(71)68-46-64(42-60-31-19-14-20-32-60)52-76(56-68)38-26-10-6-2;;;;/h1-4,13-24,29-36,45-58H,9-12,25-28,37-44H2;4*1H/q+4;;;;/p-4. The summed E-state index contributed by atoms with van der Waals surface area (Å²) in [5.41, 5.74) is 19.1. The SMILES string of the molecule is C#CCCC[n+]1cc(Cc2ccccc2)cc(-c2cc(-c3cc(Cc4ccccc4)c[n+](CCCC#C)c3)c(-c3cc(Cc4ccccc4)c[n+](CCCC#C)c3)cc2-c2cc(Cc3ccccc3)c[n+](CCCC#C)c2)c1.[Br-].[Br-].[Br-].[Br-]. The van der Waals surface area contributed by atoms with Crippen LogP contribution in [0.25, 0.3) is 44.5 Å². The van der Waals surface area contributed by atoms with Gasteiger partial charge in [0, 0.05) is 122 Å². The average Bonchev–Trinajstić information content (AvgIpc) is 3.61. The van der Waals surface area contributed by atoms with Gasteiger partial charge in [-0.2, -0.15) is 0 Å². The number of pyridine rings is 4. The van der Waals surface area contributed by atoms with E-state index in [1.165, 1.54) is 44.5 Å². The number of terminal acetylenes is 4. The van der Waals surface area contributed by atoms with E-state index in [0.717, 1.165) is 122 Å². The Bertz CT molecular complexity index is 3150. The van der Waals surface area contributed by atoms with Crippen LogP contribution in [0.15, 0.2) is 207 Å². The third-order valence-electron chi connectivity index (χ3n) is 14.3. The second-order valence-electron chi connectivity index (χ2n) is 20.5. The van der Waals surface area contributed by atoms with Gasteiger partial charge in [-0.05, 0) is 80.9 Å². The Morgan fingerprint density at radius 1 is 0.256 bits per heavy atom. The van der Waals surface area contributed by atoms with Gasteiger partial charge in [0.1, 0.15) is 26.2 Å². The smallest absolute Gasteiger partial charge is 0.176 e. The summed E-state index contributed by atoms with van der Waals surface area (Å²) in [6, 6.07) is 57.7. The lowest BCUT2D eigenvalue weighted by Gasteiger charge is -2.18. The molecule has 0 fully saturated rings. The summed E-state index contributed by atoms with van der Waals surface area (Å²) in [5.74, 6) is 11.6. The third kappa shape index (κ3) is 19.0. The Kier molecular flexibility index (Phi) is 27.5. The maximum absolute atomic E-state index is 5.87. The average molecular weight is 1340 g/mol. The first-order valence-electron chi connectivity index (χ1n) is 27.6. The zero-order chi connectivity index (χ0) is 53.7. The molecule has 0 saturated heterocycles. The van der Waals surface area contributed by atoms with Gasteiger partial charge in [0.25, 0.3) is 0 Å². The van der Waals surface area contributed by atoms with Crippen molar-refractivity contribution in [3.05, 3.63) is 252 Å². The van der Waals surface area contributed by atoms with Crippen molar-refractivity contribution < 1.29 is 86.2 Å². The topological polar surface area (TPSA) is 15.5 Å².